The zero-order valence-corrected chi connectivity index (χ0v) is 12.3. The number of hydrogen-bond acceptors (Lipinski definition) is 1. The molecule has 0 heterocycles. The van der Waals surface area contributed by atoms with Crippen molar-refractivity contribution in [1.29, 1.82) is 0 Å². The highest BCUT2D eigenvalue weighted by atomic mass is 79.9. The summed E-state index contributed by atoms with van der Waals surface area (Å²) in [7, 11) is 0. The molecular formula is C16H15BrFN. The number of nitrogens with one attached hydrogen (secondary N) is 1. The molecule has 1 N–H and O–H groups in total. The lowest BCUT2D eigenvalue weighted by Gasteiger charge is -2.18. The molecule has 1 atom stereocenters. The van der Waals surface area contributed by atoms with Gasteiger partial charge in [-0.15, -0.1) is 0 Å². The largest absolute Gasteiger partial charge is 0.376 e. The van der Waals surface area contributed by atoms with Gasteiger partial charge in [0.1, 0.15) is 5.82 Å². The summed E-state index contributed by atoms with van der Waals surface area (Å²) >= 11 is 3.49. The van der Waals surface area contributed by atoms with Crippen LogP contribution in [0.2, 0.25) is 0 Å². The number of rotatable bonds is 2. The molecule has 0 amide bonds. The van der Waals surface area contributed by atoms with Crippen molar-refractivity contribution in [3.05, 3.63) is 63.4 Å². The van der Waals surface area contributed by atoms with E-state index in [2.05, 4.69) is 33.4 Å². The standard InChI is InChI=1S/C16H15BrFN/c1-10-3-2-4-14(18)16(10)19-15-8-5-11-9-12(17)6-7-13(11)15/h2-4,6-7,9,15,19H,5,8H2,1H3. The van der Waals surface area contributed by atoms with Crippen molar-refractivity contribution < 1.29 is 4.39 Å². The Morgan fingerprint density at radius 1 is 1.26 bits per heavy atom. The number of aryl methyl sites for hydroxylation is 2. The fourth-order valence-corrected chi connectivity index (χ4v) is 3.13. The molecule has 0 radical (unpaired) electrons. The smallest absolute Gasteiger partial charge is 0.146 e. The fraction of sp³-hybridized carbons (Fsp3) is 0.250. The Bertz CT molecular complexity index is 604. The maximum absolute atomic E-state index is 13.9. The van der Waals surface area contributed by atoms with Crippen molar-refractivity contribution in [3.63, 3.8) is 0 Å². The lowest BCUT2D eigenvalue weighted by molar-refractivity contribution is 0.623. The molecular weight excluding hydrogens is 305 g/mol. The summed E-state index contributed by atoms with van der Waals surface area (Å²) in [6.07, 6.45) is 2.06. The number of anilines is 1. The molecule has 3 heteroatoms. The summed E-state index contributed by atoms with van der Waals surface area (Å²) in [6.45, 7) is 1.93. The van der Waals surface area contributed by atoms with Gasteiger partial charge < -0.3 is 5.32 Å². The van der Waals surface area contributed by atoms with E-state index in [0.29, 0.717) is 5.69 Å². The second-order valence-electron chi connectivity index (χ2n) is 5.01. The fourth-order valence-electron chi connectivity index (χ4n) is 2.72. The predicted molar refractivity (Wildman–Crippen MR) is 80.0 cm³/mol. The van der Waals surface area contributed by atoms with Crippen molar-refractivity contribution in [2.45, 2.75) is 25.8 Å². The van der Waals surface area contributed by atoms with Crippen LogP contribution in [0.4, 0.5) is 10.1 Å². The molecule has 0 fully saturated rings. The van der Waals surface area contributed by atoms with Gasteiger partial charge in [0.15, 0.2) is 0 Å². The summed E-state index contributed by atoms with van der Waals surface area (Å²) in [5.74, 6) is -0.175. The molecule has 0 saturated carbocycles. The Hall–Kier alpha value is -1.35. The van der Waals surface area contributed by atoms with Gasteiger partial charge in [-0.25, -0.2) is 4.39 Å². The molecule has 0 bridgehead atoms. The van der Waals surface area contributed by atoms with Gasteiger partial charge in [-0.1, -0.05) is 34.1 Å². The number of halogens is 2. The van der Waals surface area contributed by atoms with E-state index in [9.17, 15) is 4.39 Å². The third-order valence-electron chi connectivity index (χ3n) is 3.72. The van der Waals surface area contributed by atoms with E-state index in [0.717, 1.165) is 22.9 Å². The molecule has 0 saturated heterocycles. The van der Waals surface area contributed by atoms with E-state index in [1.165, 1.54) is 17.2 Å². The second-order valence-corrected chi connectivity index (χ2v) is 5.93. The van der Waals surface area contributed by atoms with Gasteiger partial charge in [0.25, 0.3) is 0 Å². The van der Waals surface area contributed by atoms with Crippen molar-refractivity contribution >= 4 is 21.6 Å². The first-order chi connectivity index (χ1) is 9.15. The molecule has 1 aliphatic carbocycles. The summed E-state index contributed by atoms with van der Waals surface area (Å²) in [5.41, 5.74) is 4.21. The van der Waals surface area contributed by atoms with Gasteiger partial charge in [-0.3, -0.25) is 0 Å². The van der Waals surface area contributed by atoms with Gasteiger partial charge in [0, 0.05) is 4.47 Å². The molecule has 0 aliphatic heterocycles. The van der Waals surface area contributed by atoms with E-state index in [-0.39, 0.29) is 11.9 Å². The minimum atomic E-state index is -0.175. The SMILES string of the molecule is Cc1cccc(F)c1NC1CCc2cc(Br)ccc21. The van der Waals surface area contributed by atoms with E-state index in [1.54, 1.807) is 6.07 Å². The minimum Gasteiger partial charge on any atom is -0.376 e. The topological polar surface area (TPSA) is 12.0 Å². The van der Waals surface area contributed by atoms with Crippen LogP contribution in [0.3, 0.4) is 0 Å². The summed E-state index contributed by atoms with van der Waals surface area (Å²) in [5, 5.41) is 3.36. The lowest BCUT2D eigenvalue weighted by Crippen LogP contribution is -2.09. The Balaban J connectivity index is 1.91. The summed E-state index contributed by atoms with van der Waals surface area (Å²) in [6, 6.07) is 11.7. The molecule has 1 aliphatic rings. The Kier molecular flexibility index (Phi) is 3.31. The number of fused-ring (bicyclic) bond motifs is 1. The van der Waals surface area contributed by atoms with Gasteiger partial charge in [-0.2, -0.15) is 0 Å². The molecule has 1 nitrogen and oxygen atoms in total. The highest BCUT2D eigenvalue weighted by molar-refractivity contribution is 9.10. The molecule has 3 rings (SSSR count). The highest BCUT2D eigenvalue weighted by Crippen LogP contribution is 2.36. The first-order valence-electron chi connectivity index (χ1n) is 6.45. The number of benzene rings is 2. The van der Waals surface area contributed by atoms with Crippen molar-refractivity contribution in [1.82, 2.24) is 0 Å². The van der Waals surface area contributed by atoms with Crippen molar-refractivity contribution in [2.24, 2.45) is 0 Å². The molecule has 2 aromatic rings. The third kappa shape index (κ3) is 2.39. The normalized spacial score (nSPS) is 17.3. The van der Waals surface area contributed by atoms with Crippen LogP contribution in [0, 0.1) is 12.7 Å². The second kappa shape index (κ2) is 4.97. The monoisotopic (exact) mass is 319 g/mol. The third-order valence-corrected chi connectivity index (χ3v) is 4.22. The highest BCUT2D eigenvalue weighted by Gasteiger charge is 2.23. The number of hydrogen-bond donors (Lipinski definition) is 1. The van der Waals surface area contributed by atoms with Crippen LogP contribution in [0.15, 0.2) is 40.9 Å². The summed E-state index contributed by atoms with van der Waals surface area (Å²) < 4.78 is 15.0. The Morgan fingerprint density at radius 2 is 2.11 bits per heavy atom. The van der Waals surface area contributed by atoms with Crippen LogP contribution in [-0.4, -0.2) is 0 Å². The van der Waals surface area contributed by atoms with Gasteiger partial charge in [0.05, 0.1) is 11.7 Å². The van der Waals surface area contributed by atoms with Crippen LogP contribution in [-0.2, 0) is 6.42 Å². The molecule has 1 unspecified atom stereocenters. The first kappa shape index (κ1) is 12.7. The molecule has 98 valence electrons. The van der Waals surface area contributed by atoms with Gasteiger partial charge in [-0.05, 0) is 54.7 Å². The number of para-hydroxylation sites is 1. The predicted octanol–water partition coefficient (Wildman–Crippen LogP) is 5.00. The maximum atomic E-state index is 13.9. The molecule has 2 aromatic carbocycles. The molecule has 0 spiro atoms. The average Bonchev–Trinajstić information content (AvgIpc) is 2.76. The van der Waals surface area contributed by atoms with Crippen molar-refractivity contribution in [3.8, 4) is 0 Å². The van der Waals surface area contributed by atoms with Crippen LogP contribution in [0.25, 0.3) is 0 Å². The Labute approximate surface area is 121 Å². The molecule has 0 aromatic heterocycles. The zero-order chi connectivity index (χ0) is 13.4. The first-order valence-corrected chi connectivity index (χ1v) is 7.24. The van der Waals surface area contributed by atoms with Gasteiger partial charge in [0.2, 0.25) is 0 Å². The molecule has 19 heavy (non-hydrogen) atoms. The van der Waals surface area contributed by atoms with E-state index in [4.69, 9.17) is 0 Å². The average molecular weight is 320 g/mol. The van der Waals surface area contributed by atoms with Gasteiger partial charge >= 0.3 is 0 Å². The van der Waals surface area contributed by atoms with Crippen molar-refractivity contribution in [2.75, 3.05) is 5.32 Å². The zero-order valence-electron chi connectivity index (χ0n) is 10.7. The summed E-state index contributed by atoms with van der Waals surface area (Å²) in [4.78, 5) is 0. The lowest BCUT2D eigenvalue weighted by atomic mass is 10.1. The quantitative estimate of drug-likeness (QED) is 0.821. The minimum absolute atomic E-state index is 0.175. The van der Waals surface area contributed by atoms with Crippen LogP contribution >= 0.6 is 15.9 Å². The van der Waals surface area contributed by atoms with E-state index < -0.39 is 0 Å². The maximum Gasteiger partial charge on any atom is 0.146 e. The van der Waals surface area contributed by atoms with Crippen LogP contribution < -0.4 is 5.32 Å². The van der Waals surface area contributed by atoms with E-state index >= 15 is 0 Å². The van der Waals surface area contributed by atoms with E-state index in [1.807, 2.05) is 19.1 Å². The van der Waals surface area contributed by atoms with Crippen LogP contribution in [0.1, 0.15) is 29.2 Å². The Morgan fingerprint density at radius 3 is 2.89 bits per heavy atom. The van der Waals surface area contributed by atoms with Crippen LogP contribution in [0.5, 0.6) is 0 Å².